The number of methoxy groups -OCH3 is 1. The summed E-state index contributed by atoms with van der Waals surface area (Å²) < 4.78 is 5.42. The quantitative estimate of drug-likeness (QED) is 0.917. The highest BCUT2D eigenvalue weighted by atomic mass is 16.5. The molecule has 0 radical (unpaired) electrons. The number of carbonyl (C=O) groups excluding carboxylic acids is 1. The van der Waals surface area contributed by atoms with Crippen molar-refractivity contribution in [3.8, 4) is 5.75 Å². The van der Waals surface area contributed by atoms with E-state index >= 15 is 0 Å². The zero-order valence-electron chi connectivity index (χ0n) is 14.5. The smallest absolute Gasteiger partial charge is 0.243 e. The van der Waals surface area contributed by atoms with Gasteiger partial charge in [0.2, 0.25) is 5.91 Å². The molecule has 0 bridgehead atoms. The molecule has 3 rings (SSSR count). The second-order valence-corrected chi connectivity index (χ2v) is 6.22. The SMILES string of the molecule is COc1ccccc1C(C)NC(C)C(=O)N1CCc2ccccc21. The summed E-state index contributed by atoms with van der Waals surface area (Å²) in [6.07, 6.45) is 0.927. The van der Waals surface area contributed by atoms with Gasteiger partial charge in [-0.25, -0.2) is 0 Å². The molecule has 2 atom stereocenters. The maximum Gasteiger partial charge on any atom is 0.243 e. The molecule has 2 aromatic carbocycles. The van der Waals surface area contributed by atoms with Gasteiger partial charge in [-0.05, 0) is 38.0 Å². The van der Waals surface area contributed by atoms with E-state index in [-0.39, 0.29) is 18.0 Å². The molecule has 0 aromatic heterocycles. The molecule has 2 aromatic rings. The summed E-state index contributed by atoms with van der Waals surface area (Å²) in [5, 5.41) is 3.41. The van der Waals surface area contributed by atoms with Crippen LogP contribution in [-0.2, 0) is 11.2 Å². The van der Waals surface area contributed by atoms with E-state index in [1.807, 2.05) is 54.3 Å². The van der Waals surface area contributed by atoms with Crippen LogP contribution in [-0.4, -0.2) is 25.6 Å². The van der Waals surface area contributed by atoms with Crippen molar-refractivity contribution in [2.75, 3.05) is 18.6 Å². The van der Waals surface area contributed by atoms with Crippen LogP contribution in [0, 0.1) is 0 Å². The average molecular weight is 324 g/mol. The van der Waals surface area contributed by atoms with Gasteiger partial charge in [-0.15, -0.1) is 0 Å². The molecule has 2 unspecified atom stereocenters. The van der Waals surface area contributed by atoms with Gasteiger partial charge in [0.15, 0.2) is 0 Å². The molecule has 0 fully saturated rings. The van der Waals surface area contributed by atoms with E-state index in [4.69, 9.17) is 4.74 Å². The second-order valence-electron chi connectivity index (χ2n) is 6.22. The Kier molecular flexibility index (Phi) is 4.86. The van der Waals surface area contributed by atoms with Gasteiger partial charge in [-0.2, -0.15) is 0 Å². The van der Waals surface area contributed by atoms with Crippen LogP contribution in [0.4, 0.5) is 5.69 Å². The number of rotatable bonds is 5. The van der Waals surface area contributed by atoms with Crippen LogP contribution in [0.3, 0.4) is 0 Å². The number of anilines is 1. The Balaban J connectivity index is 1.71. The lowest BCUT2D eigenvalue weighted by molar-refractivity contribution is -0.120. The average Bonchev–Trinajstić information content (AvgIpc) is 3.04. The van der Waals surface area contributed by atoms with Crippen molar-refractivity contribution < 1.29 is 9.53 Å². The molecular formula is C20H24N2O2. The van der Waals surface area contributed by atoms with Crippen molar-refractivity contribution in [3.05, 3.63) is 59.7 Å². The first-order chi connectivity index (χ1) is 11.6. The van der Waals surface area contributed by atoms with E-state index in [0.29, 0.717) is 0 Å². The van der Waals surface area contributed by atoms with E-state index in [9.17, 15) is 4.79 Å². The topological polar surface area (TPSA) is 41.6 Å². The van der Waals surface area contributed by atoms with Crippen LogP contribution in [0.2, 0.25) is 0 Å². The minimum absolute atomic E-state index is 0.0259. The zero-order valence-corrected chi connectivity index (χ0v) is 14.5. The summed E-state index contributed by atoms with van der Waals surface area (Å²) >= 11 is 0. The number of ether oxygens (including phenoxy) is 1. The van der Waals surface area contributed by atoms with Crippen molar-refractivity contribution >= 4 is 11.6 Å². The molecule has 0 saturated heterocycles. The summed E-state index contributed by atoms with van der Waals surface area (Å²) in [5.41, 5.74) is 3.35. The molecule has 1 aliphatic rings. The second kappa shape index (κ2) is 7.05. The number of fused-ring (bicyclic) bond motifs is 1. The van der Waals surface area contributed by atoms with Gasteiger partial charge in [-0.3, -0.25) is 10.1 Å². The monoisotopic (exact) mass is 324 g/mol. The van der Waals surface area contributed by atoms with Crippen LogP contribution in [0.5, 0.6) is 5.75 Å². The molecule has 24 heavy (non-hydrogen) atoms. The van der Waals surface area contributed by atoms with E-state index in [0.717, 1.165) is 30.0 Å². The molecule has 1 aliphatic heterocycles. The predicted octanol–water partition coefficient (Wildman–Crippen LogP) is 3.32. The van der Waals surface area contributed by atoms with Gasteiger partial charge in [0, 0.05) is 23.8 Å². The molecule has 126 valence electrons. The first kappa shape index (κ1) is 16.5. The lowest BCUT2D eigenvalue weighted by Crippen LogP contribution is -2.45. The van der Waals surface area contributed by atoms with Gasteiger partial charge in [0.25, 0.3) is 0 Å². The lowest BCUT2D eigenvalue weighted by atomic mass is 10.1. The zero-order chi connectivity index (χ0) is 17.1. The Labute approximate surface area is 143 Å². The van der Waals surface area contributed by atoms with E-state index in [2.05, 4.69) is 18.3 Å². The normalized spacial score (nSPS) is 15.7. The highest BCUT2D eigenvalue weighted by Crippen LogP contribution is 2.29. The number of hydrogen-bond acceptors (Lipinski definition) is 3. The number of carbonyl (C=O) groups is 1. The number of nitrogens with one attached hydrogen (secondary N) is 1. The van der Waals surface area contributed by atoms with Crippen molar-refractivity contribution in [3.63, 3.8) is 0 Å². The number of hydrogen-bond donors (Lipinski definition) is 1. The number of para-hydroxylation sites is 2. The first-order valence-corrected chi connectivity index (χ1v) is 8.40. The van der Waals surface area contributed by atoms with Gasteiger partial charge in [0.05, 0.1) is 13.2 Å². The Morgan fingerprint density at radius 3 is 2.62 bits per heavy atom. The molecule has 0 spiro atoms. The standard InChI is InChI=1S/C20H24N2O2/c1-14(17-9-5-7-11-19(17)24-3)21-15(2)20(23)22-13-12-16-8-4-6-10-18(16)22/h4-11,14-15,21H,12-13H2,1-3H3. The highest BCUT2D eigenvalue weighted by Gasteiger charge is 2.28. The fraction of sp³-hybridized carbons (Fsp3) is 0.350. The van der Waals surface area contributed by atoms with E-state index in [1.54, 1.807) is 7.11 Å². The van der Waals surface area contributed by atoms with Crippen molar-refractivity contribution in [2.45, 2.75) is 32.4 Å². The van der Waals surface area contributed by atoms with Crippen LogP contribution >= 0.6 is 0 Å². The predicted molar refractivity (Wildman–Crippen MR) is 96.5 cm³/mol. The summed E-state index contributed by atoms with van der Waals surface area (Å²) in [5.74, 6) is 0.949. The third-order valence-corrected chi connectivity index (χ3v) is 4.63. The minimum atomic E-state index is -0.268. The molecule has 4 heteroatoms. The molecule has 4 nitrogen and oxygen atoms in total. The number of nitrogens with zero attached hydrogens (tertiary/aromatic N) is 1. The molecule has 1 heterocycles. The molecule has 1 amide bonds. The third-order valence-electron chi connectivity index (χ3n) is 4.63. The molecular weight excluding hydrogens is 300 g/mol. The summed E-state index contributed by atoms with van der Waals surface area (Å²) in [4.78, 5) is 14.8. The van der Waals surface area contributed by atoms with Gasteiger partial charge >= 0.3 is 0 Å². The van der Waals surface area contributed by atoms with Gasteiger partial charge in [-0.1, -0.05) is 36.4 Å². The Morgan fingerprint density at radius 1 is 1.12 bits per heavy atom. The van der Waals surface area contributed by atoms with Gasteiger partial charge < -0.3 is 9.64 Å². The first-order valence-electron chi connectivity index (χ1n) is 8.40. The molecule has 0 aliphatic carbocycles. The fourth-order valence-corrected chi connectivity index (χ4v) is 3.36. The number of benzene rings is 2. The maximum atomic E-state index is 12.9. The summed E-state index contributed by atoms with van der Waals surface area (Å²) in [6, 6.07) is 15.8. The lowest BCUT2D eigenvalue weighted by Gasteiger charge is -2.26. The van der Waals surface area contributed by atoms with E-state index in [1.165, 1.54) is 5.56 Å². The maximum absolute atomic E-state index is 12.9. The molecule has 0 saturated carbocycles. The van der Waals surface area contributed by atoms with Gasteiger partial charge in [0.1, 0.15) is 5.75 Å². The minimum Gasteiger partial charge on any atom is -0.496 e. The van der Waals surface area contributed by atoms with Crippen LogP contribution in [0.1, 0.15) is 31.0 Å². The highest BCUT2D eigenvalue weighted by molar-refractivity contribution is 5.98. The van der Waals surface area contributed by atoms with Crippen LogP contribution < -0.4 is 15.0 Å². The van der Waals surface area contributed by atoms with Crippen molar-refractivity contribution in [2.24, 2.45) is 0 Å². The third kappa shape index (κ3) is 3.15. The van der Waals surface area contributed by atoms with E-state index < -0.39 is 0 Å². The Bertz CT molecular complexity index is 729. The van der Waals surface area contributed by atoms with Crippen molar-refractivity contribution in [1.29, 1.82) is 0 Å². The molecule has 1 N–H and O–H groups in total. The number of amides is 1. The van der Waals surface area contributed by atoms with Crippen molar-refractivity contribution in [1.82, 2.24) is 5.32 Å². The summed E-state index contributed by atoms with van der Waals surface area (Å²) in [7, 11) is 1.67. The fourth-order valence-electron chi connectivity index (χ4n) is 3.36. The summed E-state index contributed by atoms with van der Waals surface area (Å²) in [6.45, 7) is 4.74. The van der Waals surface area contributed by atoms with Crippen LogP contribution in [0.25, 0.3) is 0 Å². The Hall–Kier alpha value is -2.33. The van der Waals surface area contributed by atoms with Crippen LogP contribution in [0.15, 0.2) is 48.5 Å². The Morgan fingerprint density at radius 2 is 1.83 bits per heavy atom. The largest absolute Gasteiger partial charge is 0.496 e.